The number of rotatable bonds is 2. The molecule has 1 N–H and O–H groups in total. The van der Waals surface area contributed by atoms with Crippen LogP contribution >= 0.6 is 11.6 Å². The van der Waals surface area contributed by atoms with Crippen LogP contribution in [-0.2, 0) is 0 Å². The first-order valence-corrected chi connectivity index (χ1v) is 3.76. The molecule has 0 amide bonds. The lowest BCUT2D eigenvalue weighted by atomic mass is 10.2. The van der Waals surface area contributed by atoms with E-state index in [0.29, 0.717) is 0 Å². The van der Waals surface area contributed by atoms with Gasteiger partial charge in [0.25, 0.3) is 0 Å². The molecule has 0 aliphatic rings. The van der Waals surface area contributed by atoms with Crippen molar-refractivity contribution in [3.63, 3.8) is 0 Å². The van der Waals surface area contributed by atoms with Crippen LogP contribution in [0.3, 0.4) is 0 Å². The van der Waals surface area contributed by atoms with Gasteiger partial charge in [0.15, 0.2) is 5.17 Å². The minimum absolute atomic E-state index is 0.0715. The number of nitro groups is 1. The van der Waals surface area contributed by atoms with Crippen LogP contribution in [0.15, 0.2) is 23.4 Å². The normalized spacial score (nSPS) is 11.4. The third-order valence-corrected chi connectivity index (χ3v) is 1.76. The number of benzene rings is 1. The van der Waals surface area contributed by atoms with E-state index in [2.05, 4.69) is 5.16 Å². The largest absolute Gasteiger partial charge is 0.410 e. The van der Waals surface area contributed by atoms with E-state index < -0.39 is 16.4 Å². The van der Waals surface area contributed by atoms with Crippen LogP contribution in [0.25, 0.3) is 0 Å². The van der Waals surface area contributed by atoms with Gasteiger partial charge in [-0.15, -0.1) is 0 Å². The summed E-state index contributed by atoms with van der Waals surface area (Å²) in [5.41, 5.74) is -0.647. The molecule has 0 unspecified atom stereocenters. The summed E-state index contributed by atoms with van der Waals surface area (Å²) in [6.45, 7) is 0. The molecule has 1 aromatic carbocycles. The van der Waals surface area contributed by atoms with Gasteiger partial charge in [-0.1, -0.05) is 16.8 Å². The van der Waals surface area contributed by atoms with Gasteiger partial charge < -0.3 is 5.21 Å². The van der Waals surface area contributed by atoms with E-state index in [1.165, 1.54) is 6.07 Å². The SMILES string of the molecule is O=[N+]([O-])c1cc(C(Cl)=NO)ccc1F. The summed E-state index contributed by atoms with van der Waals surface area (Å²) in [6, 6.07) is 2.93. The molecule has 0 saturated heterocycles. The molecule has 0 aromatic heterocycles. The number of hydrogen-bond donors (Lipinski definition) is 1. The maximum Gasteiger partial charge on any atom is 0.305 e. The Hall–Kier alpha value is -1.69. The lowest BCUT2D eigenvalue weighted by Crippen LogP contribution is -1.97. The van der Waals surface area contributed by atoms with Crippen molar-refractivity contribution < 1.29 is 14.5 Å². The van der Waals surface area contributed by atoms with Crippen molar-refractivity contribution in [2.45, 2.75) is 0 Å². The topological polar surface area (TPSA) is 75.7 Å². The van der Waals surface area contributed by atoms with Gasteiger partial charge in [-0.2, -0.15) is 4.39 Å². The van der Waals surface area contributed by atoms with Crippen LogP contribution in [0.5, 0.6) is 0 Å². The molecular formula is C7H4ClFN2O3. The van der Waals surface area contributed by atoms with Gasteiger partial charge in [-0.3, -0.25) is 10.1 Å². The highest BCUT2D eigenvalue weighted by molar-refractivity contribution is 6.69. The van der Waals surface area contributed by atoms with Crippen LogP contribution < -0.4 is 0 Å². The Bertz CT molecular complexity index is 408. The fourth-order valence-corrected chi connectivity index (χ4v) is 0.956. The van der Waals surface area contributed by atoms with Crippen molar-refractivity contribution in [2.75, 3.05) is 0 Å². The van der Waals surface area contributed by atoms with E-state index in [-0.39, 0.29) is 10.7 Å². The van der Waals surface area contributed by atoms with Crippen molar-refractivity contribution in [3.8, 4) is 0 Å². The monoisotopic (exact) mass is 218 g/mol. The molecule has 0 fully saturated rings. The van der Waals surface area contributed by atoms with Crippen molar-refractivity contribution in [1.29, 1.82) is 0 Å². The third kappa shape index (κ3) is 1.97. The molecular weight excluding hydrogens is 215 g/mol. The first-order valence-electron chi connectivity index (χ1n) is 3.38. The molecule has 5 nitrogen and oxygen atoms in total. The Morgan fingerprint density at radius 2 is 2.29 bits per heavy atom. The molecule has 0 aliphatic heterocycles. The molecule has 74 valence electrons. The minimum atomic E-state index is -0.971. The van der Waals surface area contributed by atoms with E-state index in [4.69, 9.17) is 16.8 Å². The summed E-state index contributed by atoms with van der Waals surface area (Å²) in [5.74, 6) is -0.971. The average Bonchev–Trinajstić information content (AvgIpc) is 2.17. The first-order chi connectivity index (χ1) is 6.56. The maximum atomic E-state index is 12.8. The van der Waals surface area contributed by atoms with Gasteiger partial charge in [-0.05, 0) is 12.1 Å². The van der Waals surface area contributed by atoms with Crippen LogP contribution in [0.4, 0.5) is 10.1 Å². The third-order valence-electron chi connectivity index (χ3n) is 1.47. The minimum Gasteiger partial charge on any atom is -0.410 e. The summed E-state index contributed by atoms with van der Waals surface area (Å²) in [5, 5.41) is 20.9. The highest BCUT2D eigenvalue weighted by Gasteiger charge is 2.15. The molecule has 1 aromatic rings. The van der Waals surface area contributed by atoms with Crippen LogP contribution in [0.1, 0.15) is 5.56 Å². The predicted molar refractivity (Wildman–Crippen MR) is 47.2 cm³/mol. The lowest BCUT2D eigenvalue weighted by molar-refractivity contribution is -0.387. The summed E-state index contributed by atoms with van der Waals surface area (Å²) in [7, 11) is 0. The zero-order chi connectivity index (χ0) is 10.7. The fraction of sp³-hybridized carbons (Fsp3) is 0. The summed E-state index contributed by atoms with van der Waals surface area (Å²) in [4.78, 5) is 9.42. The number of hydrogen-bond acceptors (Lipinski definition) is 4. The fourth-order valence-electron chi connectivity index (χ4n) is 0.839. The van der Waals surface area contributed by atoms with Gasteiger partial charge >= 0.3 is 5.69 Å². The Kier molecular flexibility index (Phi) is 2.98. The van der Waals surface area contributed by atoms with Crippen molar-refractivity contribution >= 4 is 22.5 Å². The van der Waals surface area contributed by atoms with E-state index in [9.17, 15) is 14.5 Å². The molecule has 1 rings (SSSR count). The predicted octanol–water partition coefficient (Wildman–Crippen LogP) is 2.11. The van der Waals surface area contributed by atoms with Gasteiger partial charge in [0.2, 0.25) is 5.82 Å². The van der Waals surface area contributed by atoms with E-state index in [1.807, 2.05) is 0 Å². The van der Waals surface area contributed by atoms with Gasteiger partial charge in [0, 0.05) is 11.6 Å². The van der Waals surface area contributed by atoms with E-state index >= 15 is 0 Å². The number of nitro benzene ring substituents is 1. The van der Waals surface area contributed by atoms with Crippen LogP contribution in [0, 0.1) is 15.9 Å². The molecule has 0 spiro atoms. The second-order valence-electron chi connectivity index (χ2n) is 2.31. The molecule has 14 heavy (non-hydrogen) atoms. The number of nitrogens with zero attached hydrogens (tertiary/aromatic N) is 2. The summed E-state index contributed by atoms with van der Waals surface area (Å²) < 4.78 is 12.8. The van der Waals surface area contributed by atoms with Crippen molar-refractivity contribution in [2.24, 2.45) is 5.16 Å². The van der Waals surface area contributed by atoms with Gasteiger partial charge in [0.1, 0.15) is 0 Å². The zero-order valence-corrected chi connectivity index (χ0v) is 7.40. The Labute approximate surface area is 82.6 Å². The number of oxime groups is 1. The second kappa shape index (κ2) is 4.01. The van der Waals surface area contributed by atoms with E-state index in [1.54, 1.807) is 0 Å². The zero-order valence-electron chi connectivity index (χ0n) is 6.65. The van der Waals surface area contributed by atoms with Crippen molar-refractivity contribution in [3.05, 3.63) is 39.7 Å². The highest BCUT2D eigenvalue weighted by Crippen LogP contribution is 2.19. The number of halogens is 2. The maximum absolute atomic E-state index is 12.8. The Morgan fingerprint density at radius 3 is 2.79 bits per heavy atom. The Balaban J connectivity index is 3.26. The second-order valence-corrected chi connectivity index (χ2v) is 2.67. The standard InChI is InChI=1S/C7H4ClFN2O3/c8-7(10-12)4-1-2-5(9)6(3-4)11(13)14/h1-3,12H. The molecule has 7 heteroatoms. The lowest BCUT2D eigenvalue weighted by Gasteiger charge is -1.97. The van der Waals surface area contributed by atoms with Crippen molar-refractivity contribution in [1.82, 2.24) is 0 Å². The Morgan fingerprint density at radius 1 is 1.64 bits per heavy atom. The molecule has 0 aliphatic carbocycles. The van der Waals surface area contributed by atoms with Gasteiger partial charge in [-0.25, -0.2) is 0 Å². The summed E-state index contributed by atoms with van der Waals surface area (Å²) in [6.07, 6.45) is 0. The average molecular weight is 219 g/mol. The molecule has 0 radical (unpaired) electrons. The molecule has 0 saturated carbocycles. The highest BCUT2D eigenvalue weighted by atomic mass is 35.5. The van der Waals surface area contributed by atoms with Crippen LogP contribution in [-0.4, -0.2) is 15.3 Å². The molecule has 0 atom stereocenters. The summed E-state index contributed by atoms with van der Waals surface area (Å²) >= 11 is 5.37. The smallest absolute Gasteiger partial charge is 0.305 e. The van der Waals surface area contributed by atoms with E-state index in [0.717, 1.165) is 12.1 Å². The van der Waals surface area contributed by atoms with Gasteiger partial charge in [0.05, 0.1) is 4.92 Å². The first kappa shape index (κ1) is 10.4. The molecule has 0 heterocycles. The van der Waals surface area contributed by atoms with Crippen LogP contribution in [0.2, 0.25) is 0 Å². The quantitative estimate of drug-likeness (QED) is 0.357. The molecule has 0 bridgehead atoms.